The molecule has 0 unspecified atom stereocenters. The van der Waals surface area contributed by atoms with Gasteiger partial charge in [-0.3, -0.25) is 19.8 Å². The van der Waals surface area contributed by atoms with Crippen LogP contribution in [0.25, 0.3) is 6.08 Å². The van der Waals surface area contributed by atoms with Gasteiger partial charge in [-0.2, -0.15) is 0 Å². The van der Waals surface area contributed by atoms with Crippen LogP contribution in [-0.4, -0.2) is 34.6 Å². The fraction of sp³-hybridized carbons (Fsp3) is 0.0526. The summed E-state index contributed by atoms with van der Waals surface area (Å²) >= 11 is 11.7. The quantitative estimate of drug-likeness (QED) is 0.331. The number of nitrogens with one attached hydrogen (secondary N) is 1. The highest BCUT2D eigenvalue weighted by Crippen LogP contribution is 2.35. The first kappa shape index (κ1) is 22.1. The number of hydrogen-bond acceptors (Lipinski definition) is 5. The monoisotopic (exact) mass is 556 g/mol. The van der Waals surface area contributed by atoms with E-state index in [4.69, 9.17) is 22.1 Å². The number of carbonyl (C=O) groups excluding carboxylic acids is 2. The highest BCUT2D eigenvalue weighted by molar-refractivity contribution is 9.11. The molecule has 2 aromatic rings. The van der Waals surface area contributed by atoms with Crippen LogP contribution in [0, 0.1) is 5.82 Å². The molecule has 1 aliphatic rings. The number of amides is 2. The van der Waals surface area contributed by atoms with Gasteiger partial charge in [0.1, 0.15) is 17.1 Å². The predicted octanol–water partition coefficient (Wildman–Crippen LogP) is 3.65. The maximum Gasteiger partial charge on any atom is 0.341 e. The fourth-order valence-corrected chi connectivity index (χ4v) is 4.32. The molecule has 2 N–H and O–H groups in total. The van der Waals surface area contributed by atoms with Crippen LogP contribution >= 0.6 is 44.1 Å². The Labute approximate surface area is 191 Å². The van der Waals surface area contributed by atoms with E-state index in [1.54, 1.807) is 12.1 Å². The minimum Gasteiger partial charge on any atom is -0.480 e. The van der Waals surface area contributed by atoms with Crippen LogP contribution in [0.1, 0.15) is 5.56 Å². The molecule has 2 aromatic carbocycles. The molecule has 154 valence electrons. The third-order valence-corrected chi connectivity index (χ3v) is 5.32. The number of carboxylic acid groups (broad SMARTS) is 1. The van der Waals surface area contributed by atoms with E-state index < -0.39 is 30.2 Å². The van der Waals surface area contributed by atoms with Gasteiger partial charge in [0.15, 0.2) is 11.7 Å². The molecule has 0 aliphatic carbocycles. The average Bonchev–Trinajstić information content (AvgIpc) is 2.65. The molecule has 11 heteroatoms. The highest BCUT2D eigenvalue weighted by atomic mass is 79.9. The zero-order chi connectivity index (χ0) is 22.0. The van der Waals surface area contributed by atoms with Crippen molar-refractivity contribution in [2.24, 2.45) is 0 Å². The van der Waals surface area contributed by atoms with Crippen molar-refractivity contribution < 1.29 is 28.6 Å². The number of thiocarbonyl (C=S) groups is 1. The maximum atomic E-state index is 13.2. The van der Waals surface area contributed by atoms with Crippen molar-refractivity contribution in [3.05, 3.63) is 62.3 Å². The summed E-state index contributed by atoms with van der Waals surface area (Å²) in [6.07, 6.45) is 1.35. The van der Waals surface area contributed by atoms with Crippen molar-refractivity contribution in [2.45, 2.75) is 0 Å². The molecule has 3 rings (SSSR count). The average molecular weight is 558 g/mol. The van der Waals surface area contributed by atoms with Crippen molar-refractivity contribution >= 4 is 78.7 Å². The molecule has 0 aromatic heterocycles. The Morgan fingerprint density at radius 1 is 1.20 bits per heavy atom. The third kappa shape index (κ3) is 4.74. The number of carboxylic acids is 1. The highest BCUT2D eigenvalue weighted by Gasteiger charge is 2.34. The second-order valence-corrected chi connectivity index (χ2v) is 8.03. The lowest BCUT2D eigenvalue weighted by Crippen LogP contribution is -2.54. The summed E-state index contributed by atoms with van der Waals surface area (Å²) in [5.74, 6) is -2.71. The van der Waals surface area contributed by atoms with E-state index in [1.807, 2.05) is 0 Å². The van der Waals surface area contributed by atoms with Gasteiger partial charge in [0.2, 0.25) is 0 Å². The van der Waals surface area contributed by atoms with Crippen LogP contribution in [0.4, 0.5) is 10.1 Å². The van der Waals surface area contributed by atoms with Gasteiger partial charge in [-0.15, -0.1) is 0 Å². The van der Waals surface area contributed by atoms with Gasteiger partial charge >= 0.3 is 5.97 Å². The predicted molar refractivity (Wildman–Crippen MR) is 118 cm³/mol. The van der Waals surface area contributed by atoms with Gasteiger partial charge in [0, 0.05) is 0 Å². The molecule has 0 atom stereocenters. The second kappa shape index (κ2) is 9.02. The van der Waals surface area contributed by atoms with E-state index in [0.717, 1.165) is 4.90 Å². The largest absolute Gasteiger partial charge is 0.480 e. The summed E-state index contributed by atoms with van der Waals surface area (Å²) in [6.45, 7) is -0.539. The van der Waals surface area contributed by atoms with Gasteiger partial charge in [0.25, 0.3) is 11.8 Å². The number of ether oxygens (including phenoxy) is 1. The normalized spacial score (nSPS) is 15.4. The first-order valence-electron chi connectivity index (χ1n) is 8.18. The molecule has 1 aliphatic heterocycles. The Balaban J connectivity index is 1.96. The van der Waals surface area contributed by atoms with Crippen LogP contribution in [0.3, 0.4) is 0 Å². The van der Waals surface area contributed by atoms with E-state index >= 15 is 0 Å². The lowest BCUT2D eigenvalue weighted by molar-refractivity contribution is -0.139. The van der Waals surface area contributed by atoms with Crippen LogP contribution in [0.5, 0.6) is 5.75 Å². The van der Waals surface area contributed by atoms with E-state index in [-0.39, 0.29) is 16.4 Å². The zero-order valence-electron chi connectivity index (χ0n) is 14.8. The molecular weight excluding hydrogens is 547 g/mol. The van der Waals surface area contributed by atoms with Gasteiger partial charge in [-0.1, -0.05) is 0 Å². The Bertz CT molecular complexity index is 1080. The number of halogens is 3. The molecule has 0 spiro atoms. The van der Waals surface area contributed by atoms with Crippen molar-refractivity contribution in [2.75, 3.05) is 11.5 Å². The van der Waals surface area contributed by atoms with Gasteiger partial charge in [-0.25, -0.2) is 9.18 Å². The Hall–Kier alpha value is -2.63. The summed E-state index contributed by atoms with van der Waals surface area (Å²) in [5, 5.41) is 11.1. The number of aliphatic carboxylic acids is 1. The van der Waals surface area contributed by atoms with E-state index in [0.29, 0.717) is 20.2 Å². The Kier molecular flexibility index (Phi) is 6.64. The van der Waals surface area contributed by atoms with Crippen molar-refractivity contribution in [1.29, 1.82) is 0 Å². The molecule has 0 radical (unpaired) electrons. The van der Waals surface area contributed by atoms with Crippen molar-refractivity contribution in [1.82, 2.24) is 5.32 Å². The van der Waals surface area contributed by atoms with Crippen LogP contribution in [0.15, 0.2) is 50.9 Å². The third-order valence-electron chi connectivity index (χ3n) is 3.86. The smallest absolute Gasteiger partial charge is 0.341 e. The summed E-state index contributed by atoms with van der Waals surface area (Å²) in [5.41, 5.74) is 0.574. The summed E-state index contributed by atoms with van der Waals surface area (Å²) in [4.78, 5) is 37.1. The maximum absolute atomic E-state index is 13.2. The molecule has 1 saturated heterocycles. The lowest BCUT2D eigenvalue weighted by Gasteiger charge is -2.28. The number of benzene rings is 2. The lowest BCUT2D eigenvalue weighted by atomic mass is 10.1. The summed E-state index contributed by atoms with van der Waals surface area (Å²) in [6, 6.07) is 8.21. The molecule has 1 fully saturated rings. The first-order valence-corrected chi connectivity index (χ1v) is 10.2. The number of carbonyl (C=O) groups is 3. The molecule has 2 amide bonds. The van der Waals surface area contributed by atoms with Gasteiger partial charge in [0.05, 0.1) is 14.6 Å². The minimum atomic E-state index is -1.14. The van der Waals surface area contributed by atoms with Gasteiger partial charge < -0.3 is 9.84 Å². The van der Waals surface area contributed by atoms with Gasteiger partial charge in [-0.05, 0) is 92.1 Å². The second-order valence-electron chi connectivity index (χ2n) is 5.93. The topological polar surface area (TPSA) is 95.9 Å². The molecule has 1 heterocycles. The Morgan fingerprint density at radius 3 is 2.37 bits per heavy atom. The zero-order valence-corrected chi connectivity index (χ0v) is 18.8. The van der Waals surface area contributed by atoms with Crippen molar-refractivity contribution in [3.8, 4) is 5.75 Å². The van der Waals surface area contributed by atoms with E-state index in [1.165, 1.54) is 30.3 Å². The molecular formula is C19H11Br2FN2O5S. The fourth-order valence-electron chi connectivity index (χ4n) is 2.58. The molecule has 30 heavy (non-hydrogen) atoms. The Morgan fingerprint density at radius 2 is 1.80 bits per heavy atom. The van der Waals surface area contributed by atoms with E-state index in [9.17, 15) is 18.8 Å². The van der Waals surface area contributed by atoms with Crippen LogP contribution < -0.4 is 15.0 Å². The number of anilines is 1. The minimum absolute atomic E-state index is 0.117. The summed E-state index contributed by atoms with van der Waals surface area (Å²) in [7, 11) is 0. The number of rotatable bonds is 5. The van der Waals surface area contributed by atoms with E-state index in [2.05, 4.69) is 37.2 Å². The number of nitrogens with zero attached hydrogens (tertiary/aromatic N) is 1. The summed E-state index contributed by atoms with van der Waals surface area (Å²) < 4.78 is 19.2. The van der Waals surface area contributed by atoms with Crippen LogP contribution in [-0.2, 0) is 14.4 Å². The first-order chi connectivity index (χ1) is 14.2. The standard InChI is InChI=1S/C19H11Br2FN2O5S/c20-13-6-9(7-14(21)16(13)29-8-15(25)26)5-12-17(27)23-19(30)24(18(12)28)11-3-1-10(22)2-4-11/h1-7H,8H2,(H,25,26)(H,23,27,30)/b12-5+. The molecule has 0 saturated carbocycles. The van der Waals surface area contributed by atoms with Crippen LogP contribution in [0.2, 0.25) is 0 Å². The number of hydrogen-bond donors (Lipinski definition) is 2. The molecule has 7 nitrogen and oxygen atoms in total. The van der Waals surface area contributed by atoms with Crippen molar-refractivity contribution in [3.63, 3.8) is 0 Å². The SMILES string of the molecule is O=C(O)COc1c(Br)cc(/C=C2\C(=O)NC(=S)N(c3ccc(F)cc3)C2=O)cc1Br. The molecule has 0 bridgehead atoms.